The number of halogens is 4. The van der Waals surface area contributed by atoms with Crippen LogP contribution in [0.15, 0.2) is 16.7 Å². The van der Waals surface area contributed by atoms with Crippen molar-refractivity contribution < 1.29 is 18.0 Å². The van der Waals surface area contributed by atoms with Crippen molar-refractivity contribution in [3.63, 3.8) is 0 Å². The summed E-state index contributed by atoms with van der Waals surface area (Å²) in [5, 5.41) is 8.14. The fraction of sp³-hybridized carbons (Fsp3) is 0.412. The quantitative estimate of drug-likeness (QED) is 0.598. The van der Waals surface area contributed by atoms with Gasteiger partial charge in [-0.05, 0) is 42.8 Å². The first-order valence-electron chi connectivity index (χ1n) is 8.44. The molecule has 0 aliphatic heterocycles. The summed E-state index contributed by atoms with van der Waals surface area (Å²) in [6.07, 6.45) is -2.95. The van der Waals surface area contributed by atoms with Gasteiger partial charge in [-0.15, -0.1) is 0 Å². The van der Waals surface area contributed by atoms with Gasteiger partial charge in [-0.3, -0.25) is 9.48 Å². The van der Waals surface area contributed by atoms with E-state index in [1.807, 2.05) is 13.8 Å². The molecular formula is C17H18BrF3N6O. The molecule has 0 spiro atoms. The molecule has 3 aromatic heterocycles. The SMILES string of the molecule is CCn1ncc(CN(C)C(=O)c2nn3c(C(F)(F)F)cc(C)nc3c2Br)c1C. The van der Waals surface area contributed by atoms with Crippen LogP contribution in [-0.4, -0.2) is 42.2 Å². The maximum atomic E-state index is 13.4. The Morgan fingerprint density at radius 1 is 1.32 bits per heavy atom. The number of alkyl halides is 3. The average Bonchev–Trinajstić information content (AvgIpc) is 3.13. The summed E-state index contributed by atoms with van der Waals surface area (Å²) in [6.45, 7) is 6.26. The number of fused-ring (bicyclic) bond motifs is 1. The molecule has 3 aromatic rings. The zero-order valence-corrected chi connectivity index (χ0v) is 17.3. The minimum absolute atomic E-state index is 0.0564. The van der Waals surface area contributed by atoms with Gasteiger partial charge in [0.25, 0.3) is 5.91 Å². The Hall–Kier alpha value is -2.43. The van der Waals surface area contributed by atoms with Crippen molar-refractivity contribution in [1.82, 2.24) is 29.3 Å². The largest absolute Gasteiger partial charge is 0.433 e. The number of amides is 1. The minimum atomic E-state index is -4.63. The highest BCUT2D eigenvalue weighted by Crippen LogP contribution is 2.32. The number of rotatable bonds is 4. The molecule has 3 heterocycles. The third-order valence-corrected chi connectivity index (χ3v) is 5.14. The first-order chi connectivity index (χ1) is 13.0. The Bertz CT molecular complexity index is 1060. The van der Waals surface area contributed by atoms with Crippen LogP contribution >= 0.6 is 15.9 Å². The highest BCUT2D eigenvalue weighted by molar-refractivity contribution is 9.10. The normalized spacial score (nSPS) is 12.0. The number of aryl methyl sites for hydroxylation is 2. The maximum Gasteiger partial charge on any atom is 0.433 e. The van der Waals surface area contributed by atoms with Crippen LogP contribution in [0.5, 0.6) is 0 Å². The number of nitrogens with zero attached hydrogens (tertiary/aromatic N) is 6. The third-order valence-electron chi connectivity index (χ3n) is 4.41. The second-order valence-electron chi connectivity index (χ2n) is 6.41. The summed E-state index contributed by atoms with van der Waals surface area (Å²) >= 11 is 3.19. The van der Waals surface area contributed by atoms with Gasteiger partial charge < -0.3 is 4.90 Å². The first kappa shape index (κ1) is 20.3. The van der Waals surface area contributed by atoms with E-state index >= 15 is 0 Å². The summed E-state index contributed by atoms with van der Waals surface area (Å²) in [5.74, 6) is -0.521. The third kappa shape index (κ3) is 3.50. The van der Waals surface area contributed by atoms with Crippen molar-refractivity contribution in [2.75, 3.05) is 7.05 Å². The van der Waals surface area contributed by atoms with Gasteiger partial charge in [0, 0.05) is 37.1 Å². The predicted octanol–water partition coefficient (Wildman–Crippen LogP) is 3.62. The first-order valence-corrected chi connectivity index (χ1v) is 9.23. The van der Waals surface area contributed by atoms with Crippen LogP contribution in [0.25, 0.3) is 5.65 Å². The molecule has 0 aliphatic rings. The Balaban J connectivity index is 1.99. The van der Waals surface area contributed by atoms with Crippen LogP contribution in [0.4, 0.5) is 13.2 Å². The molecule has 0 atom stereocenters. The molecule has 11 heteroatoms. The van der Waals surface area contributed by atoms with E-state index in [0.717, 1.165) is 17.3 Å². The van der Waals surface area contributed by atoms with Crippen LogP contribution in [0, 0.1) is 13.8 Å². The standard InChI is InChI=1S/C17H18BrF3N6O/c1-5-26-10(3)11(7-22-26)8-25(4)16(28)14-13(18)15-23-9(2)6-12(17(19,20)21)27(15)24-14/h6-7H,5,8H2,1-4H3. The highest BCUT2D eigenvalue weighted by atomic mass is 79.9. The molecule has 150 valence electrons. The predicted molar refractivity (Wildman–Crippen MR) is 98.9 cm³/mol. The van der Waals surface area contributed by atoms with E-state index in [9.17, 15) is 18.0 Å². The summed E-state index contributed by atoms with van der Waals surface area (Å²) in [5.41, 5.74) is 0.772. The molecule has 0 saturated carbocycles. The molecule has 3 rings (SSSR count). The number of carbonyl (C=O) groups excluding carboxylic acids is 1. The molecule has 0 saturated heterocycles. The van der Waals surface area contributed by atoms with Crippen LogP contribution < -0.4 is 0 Å². The summed E-state index contributed by atoms with van der Waals surface area (Å²) in [7, 11) is 1.56. The Morgan fingerprint density at radius 2 is 2.00 bits per heavy atom. The van der Waals surface area contributed by atoms with Gasteiger partial charge in [-0.2, -0.15) is 23.4 Å². The second kappa shape index (κ2) is 7.19. The lowest BCUT2D eigenvalue weighted by atomic mass is 10.2. The number of hydrogen-bond acceptors (Lipinski definition) is 4. The second-order valence-corrected chi connectivity index (χ2v) is 7.20. The molecule has 28 heavy (non-hydrogen) atoms. The van der Waals surface area contributed by atoms with Crippen LogP contribution in [-0.2, 0) is 19.3 Å². The molecule has 0 aliphatic carbocycles. The van der Waals surface area contributed by atoms with E-state index in [1.165, 1.54) is 11.8 Å². The van der Waals surface area contributed by atoms with Gasteiger partial charge in [0.15, 0.2) is 11.3 Å². The van der Waals surface area contributed by atoms with Gasteiger partial charge in [-0.1, -0.05) is 0 Å². The van der Waals surface area contributed by atoms with Crippen molar-refractivity contribution in [3.05, 3.63) is 45.1 Å². The summed E-state index contributed by atoms with van der Waals surface area (Å²) in [6, 6.07) is 0.896. The highest BCUT2D eigenvalue weighted by Gasteiger charge is 2.36. The molecule has 0 unspecified atom stereocenters. The van der Waals surface area contributed by atoms with E-state index in [2.05, 4.69) is 31.1 Å². The molecule has 1 amide bonds. The number of hydrogen-bond donors (Lipinski definition) is 0. The molecular weight excluding hydrogens is 441 g/mol. The maximum absolute atomic E-state index is 13.4. The fourth-order valence-corrected chi connectivity index (χ4v) is 3.42. The topological polar surface area (TPSA) is 68.3 Å². The van der Waals surface area contributed by atoms with E-state index < -0.39 is 17.8 Å². The van der Waals surface area contributed by atoms with Gasteiger partial charge >= 0.3 is 6.18 Å². The van der Waals surface area contributed by atoms with E-state index in [-0.39, 0.29) is 28.1 Å². The van der Waals surface area contributed by atoms with Crippen molar-refractivity contribution in [1.29, 1.82) is 0 Å². The molecule has 0 N–H and O–H groups in total. The number of carbonyl (C=O) groups is 1. The molecule has 0 aromatic carbocycles. The van der Waals surface area contributed by atoms with Crippen LogP contribution in [0.1, 0.15) is 40.1 Å². The lowest BCUT2D eigenvalue weighted by molar-refractivity contribution is -0.142. The lowest BCUT2D eigenvalue weighted by Gasteiger charge is -2.16. The molecule has 0 bridgehead atoms. The van der Waals surface area contributed by atoms with E-state index in [4.69, 9.17) is 0 Å². The zero-order valence-electron chi connectivity index (χ0n) is 15.7. The Morgan fingerprint density at radius 3 is 2.57 bits per heavy atom. The van der Waals surface area contributed by atoms with Crippen molar-refractivity contribution in [3.8, 4) is 0 Å². The average molecular weight is 459 g/mol. The lowest BCUT2D eigenvalue weighted by Crippen LogP contribution is -2.27. The van der Waals surface area contributed by atoms with Crippen LogP contribution in [0.2, 0.25) is 0 Å². The van der Waals surface area contributed by atoms with Gasteiger partial charge in [0.1, 0.15) is 5.69 Å². The van der Waals surface area contributed by atoms with Crippen molar-refractivity contribution >= 4 is 27.5 Å². The van der Waals surface area contributed by atoms with Gasteiger partial charge in [-0.25, -0.2) is 9.50 Å². The smallest absolute Gasteiger partial charge is 0.336 e. The fourth-order valence-electron chi connectivity index (χ4n) is 2.92. The summed E-state index contributed by atoms with van der Waals surface area (Å²) < 4.78 is 42.7. The Labute approximate surface area is 167 Å². The van der Waals surface area contributed by atoms with Crippen molar-refractivity contribution in [2.45, 2.75) is 40.0 Å². The van der Waals surface area contributed by atoms with Crippen LogP contribution in [0.3, 0.4) is 0 Å². The monoisotopic (exact) mass is 458 g/mol. The van der Waals surface area contributed by atoms with Gasteiger partial charge in [0.05, 0.1) is 10.7 Å². The number of aromatic nitrogens is 5. The van der Waals surface area contributed by atoms with Crippen molar-refractivity contribution in [2.24, 2.45) is 0 Å². The van der Waals surface area contributed by atoms with E-state index in [1.54, 1.807) is 17.9 Å². The minimum Gasteiger partial charge on any atom is -0.336 e. The molecule has 0 radical (unpaired) electrons. The summed E-state index contributed by atoms with van der Waals surface area (Å²) in [4.78, 5) is 18.3. The van der Waals surface area contributed by atoms with E-state index in [0.29, 0.717) is 11.1 Å². The molecule has 7 nitrogen and oxygen atoms in total. The van der Waals surface area contributed by atoms with Gasteiger partial charge in [0.2, 0.25) is 0 Å². The Kier molecular flexibility index (Phi) is 5.22. The molecule has 0 fully saturated rings. The zero-order chi connectivity index (χ0) is 20.8.